The van der Waals surface area contributed by atoms with Gasteiger partial charge in [0.2, 0.25) is 0 Å². The fourth-order valence-electron chi connectivity index (χ4n) is 1.72. The van der Waals surface area contributed by atoms with Crippen molar-refractivity contribution in [1.82, 2.24) is 0 Å². The van der Waals surface area contributed by atoms with Crippen LogP contribution in [0.15, 0.2) is 17.0 Å². The normalized spacial score (nSPS) is 19.1. The molecule has 1 aliphatic rings. The summed E-state index contributed by atoms with van der Waals surface area (Å²) in [4.78, 5) is 11.6. The predicted molar refractivity (Wildman–Crippen MR) is 74.1 cm³/mol. The van der Waals surface area contributed by atoms with Crippen molar-refractivity contribution in [3.05, 3.63) is 27.7 Å². The molecular weight excluding hydrogens is 351 g/mol. The van der Waals surface area contributed by atoms with E-state index in [4.69, 9.17) is 43.4 Å². The number of hydrogen-bond acceptors (Lipinski definition) is 5. The molecule has 0 amide bonds. The van der Waals surface area contributed by atoms with Crippen molar-refractivity contribution >= 4 is 48.9 Å². The van der Waals surface area contributed by atoms with E-state index in [1.807, 2.05) is 0 Å². The number of halogens is 3. The van der Waals surface area contributed by atoms with Gasteiger partial charge in [-0.15, -0.1) is 0 Å². The van der Waals surface area contributed by atoms with Crippen LogP contribution in [0.5, 0.6) is 0 Å². The summed E-state index contributed by atoms with van der Waals surface area (Å²) in [6.07, 6.45) is 0.167. The molecule has 1 atom stereocenters. The van der Waals surface area contributed by atoms with Gasteiger partial charge in [-0.25, -0.2) is 13.2 Å². The zero-order valence-corrected chi connectivity index (χ0v) is 13.0. The van der Waals surface area contributed by atoms with E-state index in [0.29, 0.717) is 13.0 Å². The van der Waals surface area contributed by atoms with Crippen molar-refractivity contribution in [2.45, 2.75) is 17.4 Å². The average Bonchev–Trinajstić information content (AvgIpc) is 2.79. The third-order valence-electron chi connectivity index (χ3n) is 2.68. The summed E-state index contributed by atoms with van der Waals surface area (Å²) < 4.78 is 32.9. The lowest BCUT2D eigenvalue weighted by Gasteiger charge is -2.13. The van der Waals surface area contributed by atoms with Crippen LogP contribution in [0, 0.1) is 0 Å². The quantitative estimate of drug-likeness (QED) is 0.613. The molecule has 1 unspecified atom stereocenters. The molecule has 0 N–H and O–H groups in total. The van der Waals surface area contributed by atoms with Crippen LogP contribution in [0.3, 0.4) is 0 Å². The van der Waals surface area contributed by atoms with Crippen LogP contribution in [0.25, 0.3) is 0 Å². The second kappa shape index (κ2) is 6.07. The molecule has 2 rings (SSSR count). The van der Waals surface area contributed by atoms with Gasteiger partial charge in [-0.05, 0) is 12.1 Å². The molecule has 0 bridgehead atoms. The number of carbonyl (C=O) groups excluding carboxylic acids is 1. The van der Waals surface area contributed by atoms with Crippen molar-refractivity contribution in [3.63, 3.8) is 0 Å². The maximum absolute atomic E-state index is 12.0. The minimum atomic E-state index is -4.08. The molecule has 1 fully saturated rings. The van der Waals surface area contributed by atoms with E-state index in [0.717, 1.165) is 6.07 Å². The standard InChI is InChI=1S/C11H9Cl3O5S/c12-7-1-2-8(20(14,16)17)10(13)9(7)11(15)19-6-3-4-18-5-6/h1-2,6H,3-5H2. The lowest BCUT2D eigenvalue weighted by Crippen LogP contribution is -2.19. The Morgan fingerprint density at radius 2 is 2.05 bits per heavy atom. The fourth-order valence-corrected chi connectivity index (χ4v) is 3.61. The summed E-state index contributed by atoms with van der Waals surface area (Å²) in [5, 5.41) is -0.362. The predicted octanol–water partition coefficient (Wildman–Crippen LogP) is 2.87. The molecule has 0 radical (unpaired) electrons. The summed E-state index contributed by atoms with van der Waals surface area (Å²) in [7, 11) is 1.15. The second-order valence-electron chi connectivity index (χ2n) is 4.06. The van der Waals surface area contributed by atoms with E-state index < -0.39 is 21.1 Å². The van der Waals surface area contributed by atoms with E-state index in [-0.39, 0.29) is 27.1 Å². The van der Waals surface area contributed by atoms with Gasteiger partial charge >= 0.3 is 5.97 Å². The maximum Gasteiger partial charge on any atom is 0.341 e. The monoisotopic (exact) mass is 358 g/mol. The first-order valence-electron chi connectivity index (χ1n) is 5.52. The van der Waals surface area contributed by atoms with E-state index in [1.165, 1.54) is 6.07 Å². The van der Waals surface area contributed by atoms with Crippen LogP contribution in [0.1, 0.15) is 16.8 Å². The van der Waals surface area contributed by atoms with Gasteiger partial charge in [0, 0.05) is 17.1 Å². The minimum Gasteiger partial charge on any atom is -0.456 e. The highest BCUT2D eigenvalue weighted by Crippen LogP contribution is 2.33. The number of hydrogen-bond donors (Lipinski definition) is 0. The van der Waals surface area contributed by atoms with Gasteiger partial charge in [0.1, 0.15) is 11.0 Å². The van der Waals surface area contributed by atoms with Crippen molar-refractivity contribution in [2.75, 3.05) is 13.2 Å². The maximum atomic E-state index is 12.0. The van der Waals surface area contributed by atoms with Gasteiger partial charge in [-0.3, -0.25) is 0 Å². The molecule has 1 aromatic carbocycles. The highest BCUT2D eigenvalue weighted by atomic mass is 35.7. The Kier molecular flexibility index (Phi) is 4.81. The molecule has 9 heteroatoms. The van der Waals surface area contributed by atoms with Gasteiger partial charge in [-0.2, -0.15) is 0 Å². The van der Waals surface area contributed by atoms with Crippen molar-refractivity contribution in [2.24, 2.45) is 0 Å². The lowest BCUT2D eigenvalue weighted by molar-refractivity contribution is 0.0271. The Morgan fingerprint density at radius 1 is 1.35 bits per heavy atom. The SMILES string of the molecule is O=C(OC1CCOC1)c1c(Cl)ccc(S(=O)(=O)Cl)c1Cl. The second-order valence-corrected chi connectivity index (χ2v) is 7.38. The van der Waals surface area contributed by atoms with Crippen LogP contribution in [-0.2, 0) is 18.5 Å². The zero-order valence-electron chi connectivity index (χ0n) is 9.94. The smallest absolute Gasteiger partial charge is 0.341 e. The molecule has 0 aromatic heterocycles. The Hall–Kier alpha value is -0.530. The van der Waals surface area contributed by atoms with Crippen molar-refractivity contribution in [1.29, 1.82) is 0 Å². The number of esters is 1. The van der Waals surface area contributed by atoms with E-state index in [1.54, 1.807) is 0 Å². The first kappa shape index (κ1) is 15.9. The van der Waals surface area contributed by atoms with Crippen molar-refractivity contribution < 1.29 is 22.7 Å². The number of rotatable bonds is 3. The molecule has 20 heavy (non-hydrogen) atoms. The molecule has 1 aromatic rings. The first-order valence-corrected chi connectivity index (χ1v) is 8.58. The number of carbonyl (C=O) groups is 1. The summed E-state index contributed by atoms with van der Waals surface area (Å²) in [6.45, 7) is 0.782. The van der Waals surface area contributed by atoms with Crippen LogP contribution in [0.4, 0.5) is 0 Å². The van der Waals surface area contributed by atoms with Gasteiger partial charge in [0.15, 0.2) is 0 Å². The summed E-state index contributed by atoms with van der Waals surface area (Å²) in [6, 6.07) is 2.35. The lowest BCUT2D eigenvalue weighted by atomic mass is 10.2. The largest absolute Gasteiger partial charge is 0.456 e. The summed E-state index contributed by atoms with van der Waals surface area (Å²) >= 11 is 11.8. The van der Waals surface area contributed by atoms with Crippen molar-refractivity contribution in [3.8, 4) is 0 Å². The topological polar surface area (TPSA) is 69.7 Å². The Morgan fingerprint density at radius 3 is 2.60 bits per heavy atom. The van der Waals surface area contributed by atoms with Gasteiger partial charge in [0.05, 0.1) is 28.8 Å². The third-order valence-corrected chi connectivity index (χ3v) is 4.87. The van der Waals surface area contributed by atoms with E-state index in [9.17, 15) is 13.2 Å². The van der Waals surface area contributed by atoms with Crippen LogP contribution in [-0.4, -0.2) is 33.7 Å². The van der Waals surface area contributed by atoms with Gasteiger partial charge in [-0.1, -0.05) is 23.2 Å². The summed E-state index contributed by atoms with van der Waals surface area (Å²) in [5.41, 5.74) is -0.220. The average molecular weight is 360 g/mol. The van der Waals surface area contributed by atoms with E-state index in [2.05, 4.69) is 0 Å². The molecule has 110 valence electrons. The Bertz CT molecular complexity index is 638. The highest BCUT2D eigenvalue weighted by molar-refractivity contribution is 8.13. The number of benzene rings is 1. The molecule has 1 aliphatic heterocycles. The molecule has 5 nitrogen and oxygen atoms in total. The van der Waals surface area contributed by atoms with Gasteiger partial charge < -0.3 is 9.47 Å². The zero-order chi connectivity index (χ0) is 14.9. The Balaban J connectivity index is 2.37. The fraction of sp³-hybridized carbons (Fsp3) is 0.364. The third kappa shape index (κ3) is 3.38. The molecular formula is C11H9Cl3O5S. The number of ether oxygens (including phenoxy) is 2. The molecule has 0 spiro atoms. The van der Waals surface area contributed by atoms with Crippen LogP contribution in [0.2, 0.25) is 10.0 Å². The molecule has 1 heterocycles. The van der Waals surface area contributed by atoms with E-state index >= 15 is 0 Å². The van der Waals surface area contributed by atoms with Crippen LogP contribution < -0.4 is 0 Å². The summed E-state index contributed by atoms with van der Waals surface area (Å²) in [5.74, 6) is -0.808. The molecule has 0 saturated carbocycles. The molecule has 1 saturated heterocycles. The molecule has 0 aliphatic carbocycles. The highest BCUT2D eigenvalue weighted by Gasteiger charge is 2.27. The minimum absolute atomic E-state index is 0.0111. The Labute approximate surface area is 130 Å². The first-order chi connectivity index (χ1) is 9.30. The van der Waals surface area contributed by atoms with Crippen LogP contribution >= 0.6 is 33.9 Å². The van der Waals surface area contributed by atoms with Gasteiger partial charge in [0.25, 0.3) is 9.05 Å².